The molecule has 0 amide bonds. The Hall–Kier alpha value is -1.54. The van der Waals surface area contributed by atoms with Crippen LogP contribution in [-0.2, 0) is 23.8 Å². The van der Waals surface area contributed by atoms with Crippen LogP contribution in [0.5, 0.6) is 0 Å². The fraction of sp³-hybridized carbons (Fsp3) is 0.786. The van der Waals surface area contributed by atoms with Crippen molar-refractivity contribution in [2.24, 2.45) is 34.5 Å². The van der Waals surface area contributed by atoms with E-state index in [1.54, 1.807) is 19.1 Å². The second kappa shape index (κ2) is 6.66. The Kier molecular flexibility index (Phi) is 4.31. The van der Waals surface area contributed by atoms with E-state index < -0.39 is 40.5 Å². The molecule has 7 heteroatoms. The summed E-state index contributed by atoms with van der Waals surface area (Å²) in [5.74, 6) is 0.373. The highest BCUT2D eigenvalue weighted by molar-refractivity contribution is 5.98. The van der Waals surface area contributed by atoms with E-state index in [0.717, 1.165) is 37.7 Å². The Morgan fingerprint density at radius 1 is 1.00 bits per heavy atom. The molecule has 2 unspecified atom stereocenters. The Morgan fingerprint density at radius 2 is 1.77 bits per heavy atom. The number of rotatable bonds is 1. The summed E-state index contributed by atoms with van der Waals surface area (Å²) in [4.78, 5) is 25.9. The van der Waals surface area contributed by atoms with E-state index in [9.17, 15) is 19.8 Å². The fourth-order valence-corrected chi connectivity index (χ4v) is 10.1. The lowest BCUT2D eigenvalue weighted by Gasteiger charge is -2.57. The molecule has 12 atom stereocenters. The molecule has 0 aromatic carbocycles. The van der Waals surface area contributed by atoms with Gasteiger partial charge in [0.1, 0.15) is 23.4 Å². The van der Waals surface area contributed by atoms with Crippen molar-refractivity contribution in [2.45, 2.75) is 102 Å². The van der Waals surface area contributed by atoms with Gasteiger partial charge in [0.25, 0.3) is 0 Å². The zero-order valence-corrected chi connectivity index (χ0v) is 21.0. The van der Waals surface area contributed by atoms with E-state index in [0.29, 0.717) is 12.0 Å². The lowest BCUT2D eigenvalue weighted by atomic mass is 9.44. The number of fused-ring (bicyclic) bond motifs is 3. The molecule has 0 radical (unpaired) electrons. The number of carbonyl (C=O) groups is 2. The summed E-state index contributed by atoms with van der Waals surface area (Å²) in [5, 5.41) is 22.4. The van der Waals surface area contributed by atoms with Crippen LogP contribution in [0.25, 0.3) is 0 Å². The third kappa shape index (κ3) is 2.34. The minimum Gasteiger partial charge on any atom is -0.456 e. The number of cyclic esters (lactones) is 1. The van der Waals surface area contributed by atoms with Crippen molar-refractivity contribution in [2.75, 3.05) is 0 Å². The fourth-order valence-electron chi connectivity index (χ4n) is 10.1. The first kappa shape index (κ1) is 22.6. The number of epoxide rings is 1. The van der Waals surface area contributed by atoms with Gasteiger partial charge in [0, 0.05) is 23.3 Å². The standard InChI is InChI=1S/C28H36O7/c1-13-11-21(33-23(31)14(13)2)26(4)18-6-5-17-15-12-22-28(34-22)20(30)8-7-19(29)25(28,3)16(15)9-10-27(17,18)24(32)35-26/h7-8,15-18,20-22,24,30,32H,5-6,9-12H2,1-4H3/t15-,16+,17+,18-,20+,21?,22-,24?,25+,26-,27-,28-/m1/s1. The van der Waals surface area contributed by atoms with Crippen molar-refractivity contribution >= 4 is 11.8 Å². The summed E-state index contributed by atoms with van der Waals surface area (Å²) in [7, 11) is 0. The molecule has 3 saturated carbocycles. The first-order valence-corrected chi connectivity index (χ1v) is 13.3. The van der Waals surface area contributed by atoms with Crippen LogP contribution in [-0.4, -0.2) is 57.8 Å². The lowest BCUT2D eigenvalue weighted by molar-refractivity contribution is -0.218. The monoisotopic (exact) mass is 484 g/mol. The van der Waals surface area contributed by atoms with Gasteiger partial charge < -0.3 is 24.4 Å². The summed E-state index contributed by atoms with van der Waals surface area (Å²) < 4.78 is 18.6. The van der Waals surface area contributed by atoms with Crippen LogP contribution < -0.4 is 0 Å². The van der Waals surface area contributed by atoms with Gasteiger partial charge in [-0.1, -0.05) is 5.57 Å². The lowest BCUT2D eigenvalue weighted by Crippen LogP contribution is -2.64. The molecule has 0 aromatic rings. The Bertz CT molecular complexity index is 1090. The number of ether oxygens (including phenoxy) is 3. The number of hydrogen-bond donors (Lipinski definition) is 2. The molecule has 0 bridgehead atoms. The van der Waals surface area contributed by atoms with E-state index in [-0.39, 0.29) is 41.5 Å². The maximum atomic E-state index is 13.4. The summed E-state index contributed by atoms with van der Waals surface area (Å²) in [6.45, 7) is 7.81. The zero-order valence-electron chi connectivity index (χ0n) is 21.0. The largest absolute Gasteiger partial charge is 0.456 e. The molecular weight excluding hydrogens is 448 g/mol. The maximum absolute atomic E-state index is 13.4. The highest BCUT2D eigenvalue weighted by atomic mass is 16.7. The predicted molar refractivity (Wildman–Crippen MR) is 124 cm³/mol. The average Bonchev–Trinajstić information content (AvgIpc) is 3.34. The van der Waals surface area contributed by atoms with E-state index in [1.165, 1.54) is 0 Å². The number of carbonyl (C=O) groups excluding carboxylic acids is 2. The predicted octanol–water partition coefficient (Wildman–Crippen LogP) is 2.83. The molecule has 0 aromatic heterocycles. The second-order valence-corrected chi connectivity index (χ2v) is 12.8. The number of hydrogen-bond acceptors (Lipinski definition) is 7. The van der Waals surface area contributed by atoms with E-state index in [2.05, 4.69) is 0 Å². The summed E-state index contributed by atoms with van der Waals surface area (Å²) in [6.07, 6.45) is 5.76. The van der Waals surface area contributed by atoms with Gasteiger partial charge in [-0.3, -0.25) is 4.79 Å². The zero-order chi connectivity index (χ0) is 24.7. The van der Waals surface area contributed by atoms with E-state index in [4.69, 9.17) is 14.2 Å². The van der Waals surface area contributed by atoms with Crippen molar-refractivity contribution in [1.29, 1.82) is 0 Å². The van der Waals surface area contributed by atoms with Gasteiger partial charge in [0.2, 0.25) is 0 Å². The number of allylic oxidation sites excluding steroid dienone is 1. The number of aliphatic hydroxyl groups is 2. The van der Waals surface area contributed by atoms with Gasteiger partial charge in [-0.25, -0.2) is 4.79 Å². The minimum absolute atomic E-state index is 0.0605. The van der Waals surface area contributed by atoms with Gasteiger partial charge in [0.15, 0.2) is 12.1 Å². The van der Waals surface area contributed by atoms with Crippen LogP contribution in [0.15, 0.2) is 23.3 Å². The normalized spacial score (nSPS) is 58.2. The molecule has 2 N–H and O–H groups in total. The van der Waals surface area contributed by atoms with Crippen LogP contribution >= 0.6 is 0 Å². The highest BCUT2D eigenvalue weighted by Crippen LogP contribution is 2.75. The molecular formula is C28H36O7. The topological polar surface area (TPSA) is 106 Å². The van der Waals surface area contributed by atoms with Gasteiger partial charge in [-0.05, 0) is 89.7 Å². The Morgan fingerprint density at radius 3 is 2.51 bits per heavy atom. The van der Waals surface area contributed by atoms with Crippen molar-refractivity contribution in [3.05, 3.63) is 23.3 Å². The molecule has 3 heterocycles. The smallest absolute Gasteiger partial charge is 0.334 e. The maximum Gasteiger partial charge on any atom is 0.334 e. The SMILES string of the molecule is CC1=C(C)C(=O)OC([C@]2(C)OC(O)[C@]34CC[C@H]5[C@@H](C[C@H]6O[C@]67[C@@H](O)C=CC(=O)[C@]57C)[C@@H]3CC[C@@H]42)C1. The van der Waals surface area contributed by atoms with Crippen molar-refractivity contribution in [3.8, 4) is 0 Å². The Labute approximate surface area is 205 Å². The molecule has 7 aliphatic rings. The third-order valence-corrected chi connectivity index (χ3v) is 12.1. The van der Waals surface area contributed by atoms with Crippen LogP contribution in [0.4, 0.5) is 0 Å². The van der Waals surface area contributed by atoms with Gasteiger partial charge >= 0.3 is 5.97 Å². The molecule has 3 aliphatic heterocycles. The molecule has 5 fully saturated rings. The summed E-state index contributed by atoms with van der Waals surface area (Å²) in [5.41, 5.74) is -1.02. The molecule has 7 nitrogen and oxygen atoms in total. The summed E-state index contributed by atoms with van der Waals surface area (Å²) in [6, 6.07) is 0. The first-order valence-electron chi connectivity index (χ1n) is 13.3. The number of aliphatic hydroxyl groups excluding tert-OH is 2. The van der Waals surface area contributed by atoms with Gasteiger partial charge in [-0.2, -0.15) is 0 Å². The minimum atomic E-state index is -0.927. The van der Waals surface area contributed by atoms with Crippen molar-refractivity contribution in [1.82, 2.24) is 0 Å². The summed E-state index contributed by atoms with van der Waals surface area (Å²) >= 11 is 0. The molecule has 4 aliphatic carbocycles. The van der Waals surface area contributed by atoms with E-state index >= 15 is 0 Å². The molecule has 35 heavy (non-hydrogen) atoms. The van der Waals surface area contributed by atoms with Crippen molar-refractivity contribution in [3.63, 3.8) is 0 Å². The Balaban J connectivity index is 1.25. The molecule has 2 saturated heterocycles. The number of ketones is 1. The van der Waals surface area contributed by atoms with Crippen molar-refractivity contribution < 1.29 is 34.0 Å². The second-order valence-electron chi connectivity index (χ2n) is 12.8. The van der Waals surface area contributed by atoms with Gasteiger partial charge in [0.05, 0.1) is 11.5 Å². The molecule has 2 spiro atoms. The molecule has 190 valence electrons. The quantitative estimate of drug-likeness (QED) is 0.436. The third-order valence-electron chi connectivity index (χ3n) is 12.1. The van der Waals surface area contributed by atoms with Gasteiger partial charge in [-0.15, -0.1) is 0 Å². The van der Waals surface area contributed by atoms with Crippen LogP contribution in [0, 0.1) is 34.5 Å². The van der Waals surface area contributed by atoms with Crippen LogP contribution in [0.3, 0.4) is 0 Å². The average molecular weight is 485 g/mol. The van der Waals surface area contributed by atoms with E-state index in [1.807, 2.05) is 20.8 Å². The first-order chi connectivity index (χ1) is 16.5. The van der Waals surface area contributed by atoms with Crippen LogP contribution in [0.2, 0.25) is 0 Å². The highest BCUT2D eigenvalue weighted by Gasteiger charge is 2.82. The molecule has 7 rings (SSSR count). The number of esters is 1. The van der Waals surface area contributed by atoms with Crippen LogP contribution in [0.1, 0.15) is 66.2 Å².